The van der Waals surface area contributed by atoms with Crippen LogP contribution in [0.1, 0.15) is 50.5 Å². The fourth-order valence-electron chi connectivity index (χ4n) is 2.14. The summed E-state index contributed by atoms with van der Waals surface area (Å²) in [5, 5.41) is 6.35. The van der Waals surface area contributed by atoms with Gasteiger partial charge in [-0.25, -0.2) is 14.4 Å². The van der Waals surface area contributed by atoms with Gasteiger partial charge in [-0.3, -0.25) is 0 Å². The lowest BCUT2D eigenvalue weighted by molar-refractivity contribution is 0.379. The van der Waals surface area contributed by atoms with Crippen molar-refractivity contribution in [2.24, 2.45) is 4.99 Å². The van der Waals surface area contributed by atoms with E-state index in [1.807, 2.05) is 13.0 Å². The van der Waals surface area contributed by atoms with Crippen molar-refractivity contribution < 1.29 is 8.81 Å². The first kappa shape index (κ1) is 19.0. The molecule has 1 aromatic carbocycles. The van der Waals surface area contributed by atoms with Gasteiger partial charge in [0, 0.05) is 12.0 Å². The van der Waals surface area contributed by atoms with Crippen LogP contribution in [0, 0.1) is 12.7 Å². The van der Waals surface area contributed by atoms with Crippen LogP contribution in [-0.4, -0.2) is 17.5 Å². The molecule has 0 bridgehead atoms. The lowest BCUT2D eigenvalue weighted by atomic mass is 9.94. The van der Waals surface area contributed by atoms with Crippen molar-refractivity contribution in [2.45, 2.75) is 53.1 Å². The van der Waals surface area contributed by atoms with Crippen LogP contribution in [0.15, 0.2) is 33.8 Å². The highest BCUT2D eigenvalue weighted by atomic mass is 19.1. The highest BCUT2D eigenvalue weighted by molar-refractivity contribution is 5.79. The van der Waals surface area contributed by atoms with Gasteiger partial charge in [-0.05, 0) is 31.0 Å². The lowest BCUT2D eigenvalue weighted by Gasteiger charge is -2.13. The van der Waals surface area contributed by atoms with Crippen molar-refractivity contribution in [3.05, 3.63) is 53.0 Å². The van der Waals surface area contributed by atoms with Crippen LogP contribution in [-0.2, 0) is 18.5 Å². The molecule has 1 aromatic heterocycles. The molecule has 136 valence electrons. The quantitative estimate of drug-likeness (QED) is 0.640. The SMILES string of the molecule is CCNC(=NCc1ccc(C)c(F)c1)NCc1ncc(C(C)(C)C)o1. The second kappa shape index (κ2) is 8.14. The number of aliphatic imine (C=N–C) groups is 1. The Hall–Kier alpha value is -2.37. The van der Waals surface area contributed by atoms with E-state index in [1.54, 1.807) is 19.2 Å². The van der Waals surface area contributed by atoms with Gasteiger partial charge in [-0.1, -0.05) is 32.9 Å². The van der Waals surface area contributed by atoms with Gasteiger partial charge < -0.3 is 15.1 Å². The monoisotopic (exact) mass is 346 g/mol. The zero-order valence-electron chi connectivity index (χ0n) is 15.6. The highest BCUT2D eigenvalue weighted by Crippen LogP contribution is 2.22. The van der Waals surface area contributed by atoms with Crippen molar-refractivity contribution >= 4 is 5.96 Å². The average molecular weight is 346 g/mol. The third kappa shape index (κ3) is 5.59. The Balaban J connectivity index is 1.99. The topological polar surface area (TPSA) is 62.5 Å². The molecule has 0 spiro atoms. The molecule has 0 aliphatic heterocycles. The molecule has 6 heteroatoms. The Morgan fingerprint density at radius 2 is 2.04 bits per heavy atom. The summed E-state index contributed by atoms with van der Waals surface area (Å²) in [7, 11) is 0. The van der Waals surface area contributed by atoms with Gasteiger partial charge in [0.2, 0.25) is 5.89 Å². The van der Waals surface area contributed by atoms with Crippen LogP contribution in [0.25, 0.3) is 0 Å². The number of hydrogen-bond donors (Lipinski definition) is 2. The van der Waals surface area contributed by atoms with E-state index in [4.69, 9.17) is 4.42 Å². The van der Waals surface area contributed by atoms with Crippen LogP contribution < -0.4 is 10.6 Å². The number of oxazole rings is 1. The molecular formula is C19H27FN4O. The largest absolute Gasteiger partial charge is 0.443 e. The number of rotatable bonds is 5. The number of nitrogens with one attached hydrogen (secondary N) is 2. The Morgan fingerprint density at radius 3 is 2.64 bits per heavy atom. The molecule has 0 saturated carbocycles. The third-order valence-electron chi connectivity index (χ3n) is 3.70. The van der Waals surface area contributed by atoms with Gasteiger partial charge >= 0.3 is 0 Å². The molecule has 5 nitrogen and oxygen atoms in total. The van der Waals surface area contributed by atoms with E-state index in [-0.39, 0.29) is 11.2 Å². The van der Waals surface area contributed by atoms with E-state index < -0.39 is 0 Å². The standard InChI is InChI=1S/C19H27FN4O/c1-6-21-18(23-10-14-8-7-13(2)15(20)9-14)24-12-17-22-11-16(25-17)19(3,4)5/h7-9,11H,6,10,12H2,1-5H3,(H2,21,23,24). The third-order valence-corrected chi connectivity index (χ3v) is 3.70. The Kier molecular flexibility index (Phi) is 6.17. The van der Waals surface area contributed by atoms with Crippen molar-refractivity contribution in [1.29, 1.82) is 0 Å². The van der Waals surface area contributed by atoms with Gasteiger partial charge in [0.25, 0.3) is 0 Å². The normalized spacial score (nSPS) is 12.3. The molecular weight excluding hydrogens is 319 g/mol. The molecule has 0 atom stereocenters. The number of benzene rings is 1. The van der Waals surface area contributed by atoms with Gasteiger partial charge in [0.15, 0.2) is 5.96 Å². The molecule has 1 heterocycles. The molecule has 0 aliphatic carbocycles. The maximum Gasteiger partial charge on any atom is 0.213 e. The summed E-state index contributed by atoms with van der Waals surface area (Å²) in [5.41, 5.74) is 1.39. The van der Waals surface area contributed by atoms with Gasteiger partial charge in [0.1, 0.15) is 11.6 Å². The Labute approximate surface area is 148 Å². The Bertz CT molecular complexity index is 731. The maximum absolute atomic E-state index is 13.6. The van der Waals surface area contributed by atoms with E-state index >= 15 is 0 Å². The minimum atomic E-state index is -0.208. The van der Waals surface area contributed by atoms with Gasteiger partial charge in [0.05, 0.1) is 19.3 Å². The fraction of sp³-hybridized carbons (Fsp3) is 0.474. The zero-order chi connectivity index (χ0) is 18.4. The summed E-state index contributed by atoms with van der Waals surface area (Å²) in [4.78, 5) is 8.78. The number of aromatic nitrogens is 1. The van der Waals surface area contributed by atoms with Crippen LogP contribution in [0.5, 0.6) is 0 Å². The molecule has 0 amide bonds. The molecule has 0 unspecified atom stereocenters. The summed E-state index contributed by atoms with van der Waals surface area (Å²) >= 11 is 0. The number of hydrogen-bond acceptors (Lipinski definition) is 3. The van der Waals surface area contributed by atoms with Crippen LogP contribution in [0.3, 0.4) is 0 Å². The lowest BCUT2D eigenvalue weighted by Crippen LogP contribution is -2.36. The molecule has 2 N–H and O–H groups in total. The average Bonchev–Trinajstić information content (AvgIpc) is 3.02. The highest BCUT2D eigenvalue weighted by Gasteiger charge is 2.19. The molecule has 0 saturated heterocycles. The van der Waals surface area contributed by atoms with E-state index in [9.17, 15) is 4.39 Å². The predicted octanol–water partition coefficient (Wildman–Crippen LogP) is 3.67. The summed E-state index contributed by atoms with van der Waals surface area (Å²) in [5.74, 6) is 1.89. The summed E-state index contributed by atoms with van der Waals surface area (Å²) in [6, 6.07) is 5.17. The van der Waals surface area contributed by atoms with Crippen molar-refractivity contribution in [2.75, 3.05) is 6.54 Å². The molecule has 0 aliphatic rings. The minimum Gasteiger partial charge on any atom is -0.443 e. The number of halogens is 1. The van der Waals surface area contributed by atoms with E-state index in [0.29, 0.717) is 30.5 Å². The number of guanidine groups is 1. The van der Waals surface area contributed by atoms with E-state index in [2.05, 4.69) is 41.4 Å². The Morgan fingerprint density at radius 1 is 1.28 bits per heavy atom. The van der Waals surface area contributed by atoms with Gasteiger partial charge in [-0.2, -0.15) is 0 Å². The second-order valence-electron chi connectivity index (χ2n) is 7.00. The predicted molar refractivity (Wildman–Crippen MR) is 98.0 cm³/mol. The summed E-state index contributed by atoms with van der Waals surface area (Å²) < 4.78 is 19.4. The maximum atomic E-state index is 13.6. The second-order valence-corrected chi connectivity index (χ2v) is 7.00. The first-order chi connectivity index (χ1) is 11.8. The van der Waals surface area contributed by atoms with Crippen LogP contribution in [0.4, 0.5) is 4.39 Å². The zero-order valence-corrected chi connectivity index (χ0v) is 15.6. The summed E-state index contributed by atoms with van der Waals surface area (Å²) in [6.07, 6.45) is 1.76. The van der Waals surface area contributed by atoms with Crippen LogP contribution in [0.2, 0.25) is 0 Å². The minimum absolute atomic E-state index is 0.0701. The number of aryl methyl sites for hydroxylation is 1. The molecule has 2 rings (SSSR count). The van der Waals surface area contributed by atoms with Crippen molar-refractivity contribution in [3.8, 4) is 0 Å². The first-order valence-corrected chi connectivity index (χ1v) is 8.52. The van der Waals surface area contributed by atoms with Crippen molar-refractivity contribution in [1.82, 2.24) is 15.6 Å². The smallest absolute Gasteiger partial charge is 0.213 e. The van der Waals surface area contributed by atoms with Gasteiger partial charge in [-0.15, -0.1) is 0 Å². The molecule has 0 radical (unpaired) electrons. The van der Waals surface area contributed by atoms with Crippen LogP contribution >= 0.6 is 0 Å². The van der Waals surface area contributed by atoms with E-state index in [1.165, 1.54) is 6.07 Å². The molecule has 2 aromatic rings. The van der Waals surface area contributed by atoms with E-state index in [0.717, 1.165) is 17.9 Å². The first-order valence-electron chi connectivity index (χ1n) is 8.52. The fourth-order valence-corrected chi connectivity index (χ4v) is 2.14. The molecule has 0 fully saturated rings. The number of nitrogens with zero attached hydrogens (tertiary/aromatic N) is 2. The molecule has 25 heavy (non-hydrogen) atoms. The summed E-state index contributed by atoms with van der Waals surface area (Å²) in [6.45, 7) is 11.5. The van der Waals surface area contributed by atoms with Crippen molar-refractivity contribution in [3.63, 3.8) is 0 Å².